The number of piperidine rings is 3. The molecule has 1 aromatic heterocycles. The molecule has 4 heterocycles. The van der Waals surface area contributed by atoms with Crippen LogP contribution in [0.15, 0.2) is 40.8 Å². The molecule has 0 saturated carbocycles. The number of benzene rings is 1. The molecule has 3 fully saturated rings. The maximum atomic E-state index is 12.7. The van der Waals surface area contributed by atoms with Crippen molar-refractivity contribution in [2.24, 2.45) is 5.92 Å². The molecule has 2 bridgehead atoms. The number of anilines is 1. The molecular weight excluding hydrogens is 378 g/mol. The Morgan fingerprint density at radius 2 is 1.93 bits per heavy atom. The largest absolute Gasteiger partial charge is 0.451 e. The van der Waals surface area contributed by atoms with Crippen molar-refractivity contribution in [3.8, 4) is 11.3 Å². The molecule has 3 aliphatic heterocycles. The van der Waals surface area contributed by atoms with Gasteiger partial charge in [0.15, 0.2) is 5.76 Å². The fourth-order valence-corrected chi connectivity index (χ4v) is 4.89. The maximum Gasteiger partial charge on any atom is 0.287 e. The Balaban J connectivity index is 1.48. The molecule has 1 amide bonds. The molecule has 0 aliphatic carbocycles. The van der Waals surface area contributed by atoms with E-state index in [4.69, 9.17) is 4.42 Å². The lowest BCUT2D eigenvalue weighted by molar-refractivity contribution is 0.0211. The van der Waals surface area contributed by atoms with Gasteiger partial charge in [-0.3, -0.25) is 14.4 Å². The van der Waals surface area contributed by atoms with Crippen molar-refractivity contribution >= 4 is 21.6 Å². The van der Waals surface area contributed by atoms with E-state index in [2.05, 4.69) is 21.9 Å². The Kier molecular flexibility index (Phi) is 4.93. The zero-order valence-corrected chi connectivity index (χ0v) is 16.8. The first kappa shape index (κ1) is 19.0. The minimum absolute atomic E-state index is 0.144. The van der Waals surface area contributed by atoms with Gasteiger partial charge in [0.25, 0.3) is 5.91 Å². The number of nitrogens with zero attached hydrogens (tertiary/aromatic N) is 1. The smallest absolute Gasteiger partial charge is 0.287 e. The molecule has 0 spiro atoms. The lowest BCUT2D eigenvalue weighted by atomic mass is 9.79. The van der Waals surface area contributed by atoms with Crippen molar-refractivity contribution < 1.29 is 17.6 Å². The van der Waals surface area contributed by atoms with Gasteiger partial charge in [0, 0.05) is 23.3 Å². The Morgan fingerprint density at radius 3 is 2.61 bits per heavy atom. The van der Waals surface area contributed by atoms with Crippen LogP contribution in [0.2, 0.25) is 0 Å². The minimum atomic E-state index is -3.36. The van der Waals surface area contributed by atoms with Gasteiger partial charge in [-0.1, -0.05) is 12.1 Å². The Bertz CT molecular complexity index is 975. The molecule has 2 atom stereocenters. The molecule has 3 saturated heterocycles. The topological polar surface area (TPSA) is 91.7 Å². The number of amides is 1. The van der Waals surface area contributed by atoms with E-state index in [0.717, 1.165) is 32.2 Å². The fraction of sp³-hybridized carbons (Fsp3) is 0.450. The summed E-state index contributed by atoms with van der Waals surface area (Å²) in [4.78, 5) is 15.1. The highest BCUT2D eigenvalue weighted by Gasteiger charge is 2.40. The molecular formula is C20H25N3O4S. The average Bonchev–Trinajstić information content (AvgIpc) is 3.14. The molecule has 0 radical (unpaired) electrons. The normalized spacial score (nSPS) is 26.8. The lowest BCUT2D eigenvalue weighted by Crippen LogP contribution is -2.62. The zero-order valence-electron chi connectivity index (χ0n) is 16.0. The van der Waals surface area contributed by atoms with Crippen LogP contribution in [0.25, 0.3) is 11.3 Å². The summed E-state index contributed by atoms with van der Waals surface area (Å²) >= 11 is 0. The van der Waals surface area contributed by atoms with Crippen LogP contribution in [-0.2, 0) is 10.0 Å². The monoisotopic (exact) mass is 403 g/mol. The molecule has 7 nitrogen and oxygen atoms in total. The zero-order chi connectivity index (χ0) is 19.9. The number of carbonyl (C=O) groups is 1. The highest BCUT2D eigenvalue weighted by atomic mass is 32.2. The average molecular weight is 404 g/mol. The Hall–Kier alpha value is -2.32. The van der Waals surface area contributed by atoms with Crippen LogP contribution in [0.5, 0.6) is 0 Å². The summed E-state index contributed by atoms with van der Waals surface area (Å²) in [5, 5.41) is 3.16. The number of nitrogens with one attached hydrogen (secondary N) is 2. The van der Waals surface area contributed by atoms with E-state index in [9.17, 15) is 13.2 Å². The van der Waals surface area contributed by atoms with Crippen molar-refractivity contribution in [1.82, 2.24) is 10.2 Å². The molecule has 150 valence electrons. The summed E-state index contributed by atoms with van der Waals surface area (Å²) in [6, 6.07) is 10.8. The van der Waals surface area contributed by atoms with E-state index in [0.29, 0.717) is 29.0 Å². The first-order valence-corrected chi connectivity index (χ1v) is 11.4. The van der Waals surface area contributed by atoms with Crippen LogP contribution in [-0.4, -0.2) is 50.7 Å². The number of hydrogen-bond donors (Lipinski definition) is 2. The Labute approximate surface area is 165 Å². The second-order valence-corrected chi connectivity index (χ2v) is 9.48. The van der Waals surface area contributed by atoms with Gasteiger partial charge in [-0.05, 0) is 63.0 Å². The van der Waals surface area contributed by atoms with Crippen molar-refractivity contribution in [3.05, 3.63) is 42.2 Å². The number of fused-ring (bicyclic) bond motifs is 3. The third kappa shape index (κ3) is 3.93. The van der Waals surface area contributed by atoms with Crippen LogP contribution in [0.4, 0.5) is 5.69 Å². The molecule has 5 rings (SSSR count). The summed E-state index contributed by atoms with van der Waals surface area (Å²) in [6.07, 6.45) is 3.35. The SMILES string of the molecule is CC1C(NC(=O)c2ccc(-c3cccc(NS(C)(=O)=O)c3)o2)C2CCN1CC2. The van der Waals surface area contributed by atoms with E-state index in [-0.39, 0.29) is 17.7 Å². The number of carbonyl (C=O) groups excluding carboxylic acids is 1. The summed E-state index contributed by atoms with van der Waals surface area (Å²) in [5.74, 6) is 1.10. The quantitative estimate of drug-likeness (QED) is 0.800. The van der Waals surface area contributed by atoms with Gasteiger partial charge in [-0.25, -0.2) is 8.42 Å². The predicted molar refractivity (Wildman–Crippen MR) is 108 cm³/mol. The van der Waals surface area contributed by atoms with Crippen LogP contribution < -0.4 is 10.0 Å². The summed E-state index contributed by atoms with van der Waals surface area (Å²) in [6.45, 7) is 4.39. The van der Waals surface area contributed by atoms with E-state index in [1.165, 1.54) is 0 Å². The van der Waals surface area contributed by atoms with Crippen LogP contribution >= 0.6 is 0 Å². The first-order chi connectivity index (χ1) is 13.3. The number of hydrogen-bond acceptors (Lipinski definition) is 5. The molecule has 2 unspecified atom stereocenters. The first-order valence-electron chi connectivity index (χ1n) is 9.53. The van der Waals surface area contributed by atoms with Gasteiger partial charge in [0.05, 0.1) is 6.26 Å². The molecule has 8 heteroatoms. The van der Waals surface area contributed by atoms with Gasteiger partial charge < -0.3 is 9.73 Å². The summed E-state index contributed by atoms with van der Waals surface area (Å²) in [5.41, 5.74) is 1.15. The highest BCUT2D eigenvalue weighted by molar-refractivity contribution is 7.92. The molecule has 1 aromatic carbocycles. The summed E-state index contributed by atoms with van der Waals surface area (Å²) in [7, 11) is -3.36. The predicted octanol–water partition coefficient (Wildman–Crippen LogP) is 2.53. The Morgan fingerprint density at radius 1 is 1.18 bits per heavy atom. The van der Waals surface area contributed by atoms with Crippen LogP contribution in [0.1, 0.15) is 30.3 Å². The van der Waals surface area contributed by atoms with Crippen LogP contribution in [0, 0.1) is 5.92 Å². The standard InChI is InChI=1S/C20H25N3O4S/c1-13-19(14-8-10-23(13)11-9-14)21-20(24)18-7-6-17(27-18)15-4-3-5-16(12-15)22-28(2,25)26/h3-7,12-14,19,22H,8-11H2,1-2H3,(H,21,24). The second-order valence-electron chi connectivity index (χ2n) is 7.73. The van der Waals surface area contributed by atoms with Gasteiger partial charge in [-0.15, -0.1) is 0 Å². The van der Waals surface area contributed by atoms with Gasteiger partial charge in [-0.2, -0.15) is 0 Å². The van der Waals surface area contributed by atoms with Crippen molar-refractivity contribution in [2.45, 2.75) is 31.8 Å². The second kappa shape index (κ2) is 7.25. The summed E-state index contributed by atoms with van der Waals surface area (Å²) < 4.78 is 31.1. The number of sulfonamides is 1. The van der Waals surface area contributed by atoms with E-state index >= 15 is 0 Å². The molecule has 28 heavy (non-hydrogen) atoms. The third-order valence-electron chi connectivity index (χ3n) is 5.76. The minimum Gasteiger partial charge on any atom is -0.451 e. The van der Waals surface area contributed by atoms with E-state index in [1.807, 2.05) is 6.07 Å². The van der Waals surface area contributed by atoms with E-state index in [1.54, 1.807) is 30.3 Å². The molecule has 2 N–H and O–H groups in total. The maximum absolute atomic E-state index is 12.7. The van der Waals surface area contributed by atoms with Gasteiger partial charge in [0.2, 0.25) is 10.0 Å². The highest BCUT2D eigenvalue weighted by Crippen LogP contribution is 2.32. The van der Waals surface area contributed by atoms with Crippen LogP contribution in [0.3, 0.4) is 0 Å². The van der Waals surface area contributed by atoms with Crippen molar-refractivity contribution in [2.75, 3.05) is 24.1 Å². The van der Waals surface area contributed by atoms with Gasteiger partial charge in [0.1, 0.15) is 5.76 Å². The number of furan rings is 1. The number of rotatable bonds is 5. The fourth-order valence-electron chi connectivity index (χ4n) is 4.33. The molecule has 3 aliphatic rings. The van der Waals surface area contributed by atoms with Gasteiger partial charge >= 0.3 is 0 Å². The van der Waals surface area contributed by atoms with E-state index < -0.39 is 10.0 Å². The lowest BCUT2D eigenvalue weighted by Gasteiger charge is -2.49. The third-order valence-corrected chi connectivity index (χ3v) is 6.36. The van der Waals surface area contributed by atoms with Crippen molar-refractivity contribution in [3.63, 3.8) is 0 Å². The van der Waals surface area contributed by atoms with Crippen molar-refractivity contribution in [1.29, 1.82) is 0 Å². The molecule has 2 aromatic rings.